The molecule has 0 amide bonds. The number of aliphatic hydroxyl groups is 1. The van der Waals surface area contributed by atoms with Crippen LogP contribution in [0.5, 0.6) is 0 Å². The third kappa shape index (κ3) is 3.32. The SMILES string of the molecule is OCc1ccc(CSc2nncn2-c2ccccc2)cc1. The molecule has 0 bridgehead atoms. The molecule has 0 fully saturated rings. The predicted molar refractivity (Wildman–Crippen MR) is 83.3 cm³/mol. The summed E-state index contributed by atoms with van der Waals surface area (Å²) < 4.78 is 1.98. The van der Waals surface area contributed by atoms with Crippen molar-refractivity contribution in [1.29, 1.82) is 0 Å². The molecule has 3 aromatic rings. The van der Waals surface area contributed by atoms with Crippen LogP contribution < -0.4 is 0 Å². The molecule has 0 aliphatic heterocycles. The lowest BCUT2D eigenvalue weighted by Crippen LogP contribution is -1.95. The van der Waals surface area contributed by atoms with E-state index in [1.54, 1.807) is 18.1 Å². The Morgan fingerprint density at radius 3 is 2.38 bits per heavy atom. The summed E-state index contributed by atoms with van der Waals surface area (Å²) in [5.74, 6) is 0.817. The molecule has 1 heterocycles. The van der Waals surface area contributed by atoms with Crippen LogP contribution >= 0.6 is 11.8 Å². The van der Waals surface area contributed by atoms with Crippen LogP contribution in [0.3, 0.4) is 0 Å². The van der Waals surface area contributed by atoms with Crippen LogP contribution in [0, 0.1) is 0 Å². The van der Waals surface area contributed by atoms with Gasteiger partial charge >= 0.3 is 0 Å². The first-order valence-electron chi connectivity index (χ1n) is 6.64. The van der Waals surface area contributed by atoms with E-state index < -0.39 is 0 Å². The summed E-state index contributed by atoms with van der Waals surface area (Å²) in [6, 6.07) is 18.0. The van der Waals surface area contributed by atoms with Gasteiger partial charge in [0.25, 0.3) is 0 Å². The van der Waals surface area contributed by atoms with Gasteiger partial charge in [-0.05, 0) is 23.3 Å². The van der Waals surface area contributed by atoms with E-state index in [9.17, 15) is 0 Å². The first kappa shape index (κ1) is 13.9. The number of para-hydroxylation sites is 1. The number of hydrogen-bond acceptors (Lipinski definition) is 4. The van der Waals surface area contributed by atoms with Crippen LogP contribution in [-0.4, -0.2) is 19.9 Å². The van der Waals surface area contributed by atoms with Crippen LogP contribution in [0.15, 0.2) is 66.1 Å². The van der Waals surface area contributed by atoms with Gasteiger partial charge in [0.1, 0.15) is 6.33 Å². The summed E-state index contributed by atoms with van der Waals surface area (Å²) >= 11 is 1.64. The second kappa shape index (κ2) is 6.56. The number of aromatic nitrogens is 3. The number of benzene rings is 2. The molecule has 3 rings (SSSR count). The molecule has 0 aliphatic carbocycles. The normalized spacial score (nSPS) is 10.7. The molecule has 0 saturated carbocycles. The van der Waals surface area contributed by atoms with Gasteiger partial charge in [0.05, 0.1) is 6.61 Å². The second-order valence-electron chi connectivity index (χ2n) is 4.58. The van der Waals surface area contributed by atoms with Crippen molar-refractivity contribution < 1.29 is 5.11 Å². The van der Waals surface area contributed by atoms with Crippen molar-refractivity contribution in [2.75, 3.05) is 0 Å². The third-order valence-corrected chi connectivity index (χ3v) is 4.14. The Morgan fingerprint density at radius 2 is 1.67 bits per heavy atom. The molecule has 0 unspecified atom stereocenters. The molecule has 1 aromatic heterocycles. The maximum absolute atomic E-state index is 9.04. The quantitative estimate of drug-likeness (QED) is 0.735. The maximum Gasteiger partial charge on any atom is 0.195 e. The first-order chi connectivity index (χ1) is 10.4. The molecule has 1 N–H and O–H groups in total. The van der Waals surface area contributed by atoms with Gasteiger partial charge in [0, 0.05) is 11.4 Å². The molecule has 106 valence electrons. The van der Waals surface area contributed by atoms with E-state index in [0.29, 0.717) is 0 Å². The number of rotatable bonds is 5. The zero-order valence-electron chi connectivity index (χ0n) is 11.4. The first-order valence-corrected chi connectivity index (χ1v) is 7.62. The van der Waals surface area contributed by atoms with Crippen LogP contribution in [0.2, 0.25) is 0 Å². The van der Waals surface area contributed by atoms with E-state index >= 15 is 0 Å². The monoisotopic (exact) mass is 297 g/mol. The predicted octanol–water partition coefficient (Wildman–Crippen LogP) is 3.05. The van der Waals surface area contributed by atoms with Gasteiger partial charge in [0.2, 0.25) is 0 Å². The lowest BCUT2D eigenvalue weighted by Gasteiger charge is -2.06. The van der Waals surface area contributed by atoms with Crippen molar-refractivity contribution in [3.05, 3.63) is 72.1 Å². The molecule has 0 aliphatic rings. The Bertz CT molecular complexity index is 695. The van der Waals surface area contributed by atoms with Gasteiger partial charge in [-0.3, -0.25) is 4.57 Å². The molecular formula is C16H15N3OS. The minimum atomic E-state index is 0.0791. The third-order valence-electron chi connectivity index (χ3n) is 3.12. The Kier molecular flexibility index (Phi) is 4.33. The molecule has 4 nitrogen and oxygen atoms in total. The Morgan fingerprint density at radius 1 is 0.952 bits per heavy atom. The Balaban J connectivity index is 1.72. The summed E-state index contributed by atoms with van der Waals surface area (Å²) in [6.07, 6.45) is 1.73. The maximum atomic E-state index is 9.04. The number of aliphatic hydroxyl groups excluding tert-OH is 1. The fourth-order valence-corrected chi connectivity index (χ4v) is 2.86. The van der Waals surface area contributed by atoms with E-state index in [0.717, 1.165) is 22.2 Å². The van der Waals surface area contributed by atoms with E-state index in [1.165, 1.54) is 5.56 Å². The van der Waals surface area contributed by atoms with Crippen molar-refractivity contribution >= 4 is 11.8 Å². The van der Waals surface area contributed by atoms with Gasteiger partial charge < -0.3 is 5.11 Å². The summed E-state index contributed by atoms with van der Waals surface area (Å²) in [5, 5.41) is 18.1. The fourth-order valence-electron chi connectivity index (χ4n) is 1.98. The molecule has 21 heavy (non-hydrogen) atoms. The highest BCUT2D eigenvalue weighted by atomic mass is 32.2. The molecule has 0 spiro atoms. The molecule has 2 aromatic carbocycles. The standard InChI is InChI=1S/C16H15N3OS/c20-10-13-6-8-14(9-7-13)11-21-16-18-17-12-19(16)15-4-2-1-3-5-15/h1-9,12,20H,10-11H2. The zero-order chi connectivity index (χ0) is 14.5. The highest BCUT2D eigenvalue weighted by Gasteiger charge is 2.07. The highest BCUT2D eigenvalue weighted by Crippen LogP contribution is 2.23. The van der Waals surface area contributed by atoms with Gasteiger partial charge in [-0.2, -0.15) is 0 Å². The molecular weight excluding hydrogens is 282 g/mol. The molecule has 0 atom stereocenters. The van der Waals surface area contributed by atoms with Crippen LogP contribution in [0.25, 0.3) is 5.69 Å². The van der Waals surface area contributed by atoms with Crippen molar-refractivity contribution in [2.45, 2.75) is 17.5 Å². The minimum absolute atomic E-state index is 0.0791. The van der Waals surface area contributed by atoms with Gasteiger partial charge in [-0.1, -0.05) is 54.2 Å². The smallest absolute Gasteiger partial charge is 0.195 e. The summed E-state index contributed by atoms with van der Waals surface area (Å²) in [7, 11) is 0. The van der Waals surface area contributed by atoms with Gasteiger partial charge in [-0.15, -0.1) is 10.2 Å². The average molecular weight is 297 g/mol. The number of thioether (sulfide) groups is 1. The lowest BCUT2D eigenvalue weighted by molar-refractivity contribution is 0.282. The molecule has 0 saturated heterocycles. The van der Waals surface area contributed by atoms with Crippen molar-refractivity contribution in [3.63, 3.8) is 0 Å². The Hall–Kier alpha value is -2.11. The van der Waals surface area contributed by atoms with Crippen LogP contribution in [0.1, 0.15) is 11.1 Å². The largest absolute Gasteiger partial charge is 0.392 e. The lowest BCUT2D eigenvalue weighted by atomic mass is 10.2. The van der Waals surface area contributed by atoms with Gasteiger partial charge in [-0.25, -0.2) is 0 Å². The number of hydrogen-bond donors (Lipinski definition) is 1. The van der Waals surface area contributed by atoms with E-state index in [-0.39, 0.29) is 6.61 Å². The van der Waals surface area contributed by atoms with Crippen LogP contribution in [-0.2, 0) is 12.4 Å². The summed E-state index contributed by atoms with van der Waals surface area (Å²) in [5.41, 5.74) is 3.18. The summed E-state index contributed by atoms with van der Waals surface area (Å²) in [6.45, 7) is 0.0791. The van der Waals surface area contributed by atoms with Crippen molar-refractivity contribution in [1.82, 2.24) is 14.8 Å². The van der Waals surface area contributed by atoms with Crippen molar-refractivity contribution in [2.24, 2.45) is 0 Å². The zero-order valence-corrected chi connectivity index (χ0v) is 12.2. The Labute approximate surface area is 127 Å². The summed E-state index contributed by atoms with van der Waals surface area (Å²) in [4.78, 5) is 0. The topological polar surface area (TPSA) is 50.9 Å². The fraction of sp³-hybridized carbons (Fsp3) is 0.125. The van der Waals surface area contributed by atoms with E-state index in [1.807, 2.05) is 59.2 Å². The van der Waals surface area contributed by atoms with Gasteiger partial charge in [0.15, 0.2) is 5.16 Å². The van der Waals surface area contributed by atoms with Crippen LogP contribution in [0.4, 0.5) is 0 Å². The molecule has 0 radical (unpaired) electrons. The van der Waals surface area contributed by atoms with E-state index in [2.05, 4.69) is 10.2 Å². The minimum Gasteiger partial charge on any atom is -0.392 e. The van der Waals surface area contributed by atoms with E-state index in [4.69, 9.17) is 5.11 Å². The average Bonchev–Trinajstić information content (AvgIpc) is 3.03. The molecule has 5 heteroatoms. The second-order valence-corrected chi connectivity index (χ2v) is 5.52. The van der Waals surface area contributed by atoms with Crippen molar-refractivity contribution in [3.8, 4) is 5.69 Å². The highest BCUT2D eigenvalue weighted by molar-refractivity contribution is 7.98. The number of nitrogens with zero attached hydrogens (tertiary/aromatic N) is 3.